The van der Waals surface area contributed by atoms with Crippen molar-refractivity contribution in [2.45, 2.75) is 38.3 Å². The number of hydrogen-bond acceptors (Lipinski definition) is 5. The first-order valence-corrected chi connectivity index (χ1v) is 8.28. The van der Waals surface area contributed by atoms with Gasteiger partial charge in [0.2, 0.25) is 0 Å². The fourth-order valence-electron chi connectivity index (χ4n) is 3.43. The highest BCUT2D eigenvalue weighted by molar-refractivity contribution is 7.13. The minimum Gasteiger partial charge on any atom is -0.314 e. The fourth-order valence-corrected chi connectivity index (χ4v) is 4.15. The Morgan fingerprint density at radius 3 is 2.80 bits per heavy atom. The minimum atomic E-state index is -0.299. The van der Waals surface area contributed by atoms with Crippen LogP contribution in [0.4, 0.5) is 5.00 Å². The summed E-state index contributed by atoms with van der Waals surface area (Å²) in [6.45, 7) is 4.28. The van der Waals surface area contributed by atoms with Crippen molar-refractivity contribution >= 4 is 16.3 Å². The molecule has 6 heteroatoms. The van der Waals surface area contributed by atoms with Crippen LogP contribution in [0.5, 0.6) is 0 Å². The van der Waals surface area contributed by atoms with Gasteiger partial charge in [0.1, 0.15) is 0 Å². The zero-order valence-corrected chi connectivity index (χ0v) is 12.4. The maximum atomic E-state index is 10.7. The normalized spacial score (nSPS) is 25.1. The Bertz CT molecular complexity index is 463. The number of thiophene rings is 1. The van der Waals surface area contributed by atoms with Gasteiger partial charge < -0.3 is 5.32 Å². The van der Waals surface area contributed by atoms with E-state index in [9.17, 15) is 10.1 Å². The van der Waals surface area contributed by atoms with Crippen molar-refractivity contribution < 1.29 is 4.92 Å². The van der Waals surface area contributed by atoms with Gasteiger partial charge in [-0.1, -0.05) is 11.3 Å². The first-order valence-electron chi connectivity index (χ1n) is 7.40. The Kier molecular flexibility index (Phi) is 4.33. The molecule has 1 aromatic heterocycles. The van der Waals surface area contributed by atoms with E-state index in [4.69, 9.17) is 0 Å². The van der Waals surface area contributed by atoms with Crippen molar-refractivity contribution in [1.82, 2.24) is 10.2 Å². The summed E-state index contributed by atoms with van der Waals surface area (Å²) in [6, 6.07) is 2.45. The number of piperidine rings is 1. The summed E-state index contributed by atoms with van der Waals surface area (Å²) in [5.41, 5.74) is 1.08. The second kappa shape index (κ2) is 6.20. The van der Waals surface area contributed by atoms with E-state index in [-0.39, 0.29) is 9.92 Å². The minimum absolute atomic E-state index is 0.255. The molecule has 110 valence electrons. The molecule has 2 fully saturated rings. The van der Waals surface area contributed by atoms with Crippen molar-refractivity contribution in [2.75, 3.05) is 19.6 Å². The Labute approximate surface area is 123 Å². The summed E-state index contributed by atoms with van der Waals surface area (Å²) in [5.74, 6) is 0.825. The molecule has 2 aliphatic rings. The van der Waals surface area contributed by atoms with Crippen LogP contribution in [0, 0.1) is 16.0 Å². The van der Waals surface area contributed by atoms with E-state index in [0.29, 0.717) is 0 Å². The second-order valence-corrected chi connectivity index (χ2v) is 6.76. The van der Waals surface area contributed by atoms with Crippen molar-refractivity contribution in [3.05, 3.63) is 27.1 Å². The van der Waals surface area contributed by atoms with E-state index in [1.807, 2.05) is 5.38 Å². The first-order chi connectivity index (χ1) is 9.72. The van der Waals surface area contributed by atoms with Gasteiger partial charge in [-0.3, -0.25) is 15.0 Å². The van der Waals surface area contributed by atoms with Crippen LogP contribution < -0.4 is 5.32 Å². The van der Waals surface area contributed by atoms with Gasteiger partial charge in [0.25, 0.3) is 0 Å². The molecule has 5 nitrogen and oxygen atoms in total. The molecule has 0 aliphatic carbocycles. The lowest BCUT2D eigenvalue weighted by Gasteiger charge is -2.34. The lowest BCUT2D eigenvalue weighted by Crippen LogP contribution is -2.40. The smallest absolute Gasteiger partial charge is 0.314 e. The molecular formula is C14H21N3O2S. The SMILES string of the molecule is O=[N+]([O-])c1cc(CN2CCC(C3CCCN3)CC2)cs1. The van der Waals surface area contributed by atoms with Crippen LogP contribution in [0.3, 0.4) is 0 Å². The van der Waals surface area contributed by atoms with Gasteiger partial charge in [-0.15, -0.1) is 0 Å². The molecule has 1 atom stereocenters. The number of nitrogens with zero attached hydrogens (tertiary/aromatic N) is 2. The zero-order chi connectivity index (χ0) is 13.9. The van der Waals surface area contributed by atoms with Crippen LogP contribution in [0.2, 0.25) is 0 Å². The quantitative estimate of drug-likeness (QED) is 0.685. The summed E-state index contributed by atoms with van der Waals surface area (Å²) >= 11 is 1.23. The maximum Gasteiger partial charge on any atom is 0.324 e. The average molecular weight is 295 g/mol. The molecule has 3 heterocycles. The van der Waals surface area contributed by atoms with E-state index in [2.05, 4.69) is 10.2 Å². The third kappa shape index (κ3) is 3.19. The van der Waals surface area contributed by atoms with Gasteiger partial charge in [-0.25, -0.2) is 0 Å². The highest BCUT2D eigenvalue weighted by Crippen LogP contribution is 2.28. The number of nitrogens with one attached hydrogen (secondary N) is 1. The van der Waals surface area contributed by atoms with E-state index in [1.165, 1.54) is 43.6 Å². The predicted octanol–water partition coefficient (Wildman–Crippen LogP) is 2.62. The van der Waals surface area contributed by atoms with Gasteiger partial charge >= 0.3 is 5.00 Å². The Morgan fingerprint density at radius 2 is 2.20 bits per heavy atom. The molecule has 0 bridgehead atoms. The molecule has 20 heavy (non-hydrogen) atoms. The molecule has 2 saturated heterocycles. The highest BCUT2D eigenvalue weighted by Gasteiger charge is 2.28. The molecule has 0 amide bonds. The van der Waals surface area contributed by atoms with Gasteiger partial charge in [0, 0.05) is 24.0 Å². The number of likely N-dealkylation sites (tertiary alicyclic amines) is 1. The van der Waals surface area contributed by atoms with Crippen LogP contribution in [-0.2, 0) is 6.54 Å². The lowest BCUT2D eigenvalue weighted by molar-refractivity contribution is -0.380. The molecule has 0 saturated carbocycles. The summed E-state index contributed by atoms with van der Waals surface area (Å²) in [7, 11) is 0. The lowest BCUT2D eigenvalue weighted by atomic mass is 9.88. The summed E-state index contributed by atoms with van der Waals surface area (Å²) in [4.78, 5) is 12.8. The van der Waals surface area contributed by atoms with E-state index in [0.717, 1.165) is 37.2 Å². The molecule has 1 unspecified atom stereocenters. The summed E-state index contributed by atoms with van der Waals surface area (Å²) in [6.07, 6.45) is 5.17. The van der Waals surface area contributed by atoms with Crippen molar-refractivity contribution in [3.8, 4) is 0 Å². The number of nitro groups is 1. The van der Waals surface area contributed by atoms with E-state index < -0.39 is 0 Å². The number of rotatable bonds is 4. The highest BCUT2D eigenvalue weighted by atomic mass is 32.1. The predicted molar refractivity (Wildman–Crippen MR) is 80.0 cm³/mol. The van der Waals surface area contributed by atoms with Crippen LogP contribution in [0.25, 0.3) is 0 Å². The van der Waals surface area contributed by atoms with Crippen molar-refractivity contribution in [2.24, 2.45) is 5.92 Å². The first kappa shape index (κ1) is 14.0. The van der Waals surface area contributed by atoms with Crippen molar-refractivity contribution in [3.63, 3.8) is 0 Å². The van der Waals surface area contributed by atoms with Gasteiger partial charge in [0.05, 0.1) is 4.92 Å². The van der Waals surface area contributed by atoms with Crippen molar-refractivity contribution in [1.29, 1.82) is 0 Å². The van der Waals surface area contributed by atoms with E-state index in [1.54, 1.807) is 6.07 Å². The van der Waals surface area contributed by atoms with Gasteiger partial charge in [0.15, 0.2) is 0 Å². The van der Waals surface area contributed by atoms with Crippen LogP contribution in [-0.4, -0.2) is 35.5 Å². The summed E-state index contributed by atoms with van der Waals surface area (Å²) in [5, 5.41) is 16.5. The standard InChI is InChI=1S/C14H21N3O2S/c18-17(19)14-8-11(10-20-14)9-16-6-3-12(4-7-16)13-2-1-5-15-13/h8,10,12-13,15H,1-7,9H2. The summed E-state index contributed by atoms with van der Waals surface area (Å²) < 4.78 is 0. The van der Waals surface area contributed by atoms with E-state index >= 15 is 0 Å². The zero-order valence-electron chi connectivity index (χ0n) is 11.6. The molecule has 3 rings (SSSR count). The molecule has 0 spiro atoms. The average Bonchev–Trinajstić information content (AvgIpc) is 3.10. The van der Waals surface area contributed by atoms with Crippen LogP contribution in [0.1, 0.15) is 31.2 Å². The Balaban J connectivity index is 1.49. The molecule has 0 radical (unpaired) electrons. The van der Waals surface area contributed by atoms with Crippen LogP contribution in [0.15, 0.2) is 11.4 Å². The Hall–Kier alpha value is -0.980. The largest absolute Gasteiger partial charge is 0.324 e. The van der Waals surface area contributed by atoms with Crippen LogP contribution >= 0.6 is 11.3 Å². The maximum absolute atomic E-state index is 10.7. The molecule has 1 N–H and O–H groups in total. The van der Waals surface area contributed by atoms with Gasteiger partial charge in [-0.05, 0) is 56.8 Å². The third-order valence-electron chi connectivity index (χ3n) is 4.53. The molecule has 0 aromatic carbocycles. The molecule has 2 aliphatic heterocycles. The fraction of sp³-hybridized carbons (Fsp3) is 0.714. The monoisotopic (exact) mass is 295 g/mol. The number of hydrogen-bond donors (Lipinski definition) is 1. The third-order valence-corrected chi connectivity index (χ3v) is 5.45. The Morgan fingerprint density at radius 1 is 1.40 bits per heavy atom. The second-order valence-electron chi connectivity index (χ2n) is 5.87. The topological polar surface area (TPSA) is 58.4 Å². The molecular weight excluding hydrogens is 274 g/mol. The molecule has 1 aromatic rings. The van der Waals surface area contributed by atoms with Gasteiger partial charge in [-0.2, -0.15) is 0 Å².